The lowest BCUT2D eigenvalue weighted by atomic mass is 9.93. The third kappa shape index (κ3) is 3.03. The van der Waals surface area contributed by atoms with Gasteiger partial charge in [0.15, 0.2) is 5.84 Å². The van der Waals surface area contributed by atoms with Crippen molar-refractivity contribution >= 4 is 23.5 Å². The smallest absolute Gasteiger partial charge is 0.251 e. The van der Waals surface area contributed by atoms with Gasteiger partial charge in [-0.05, 0) is 38.4 Å². The molecule has 2 heterocycles. The average molecular weight is 301 g/mol. The van der Waals surface area contributed by atoms with E-state index in [1.807, 2.05) is 11.2 Å². The number of nitrogens with two attached hydrogens (primary N) is 1. The molecule has 2 saturated heterocycles. The number of likely N-dealkylation sites (tertiary alicyclic amines) is 1. The summed E-state index contributed by atoms with van der Waals surface area (Å²) in [4.78, 5) is 14.2. The Labute approximate surface area is 123 Å². The summed E-state index contributed by atoms with van der Waals surface area (Å²) in [5.41, 5.74) is 5.81. The molecule has 0 aromatic heterocycles. The van der Waals surface area contributed by atoms with Gasteiger partial charge in [0, 0.05) is 19.7 Å². The number of rotatable bonds is 3. The summed E-state index contributed by atoms with van der Waals surface area (Å²) >= 11 is 1.59. The second kappa shape index (κ2) is 6.67. The van der Waals surface area contributed by atoms with Crippen LogP contribution in [-0.4, -0.2) is 58.7 Å². The Kier molecular flexibility index (Phi) is 5.15. The molecule has 0 aromatic carbocycles. The van der Waals surface area contributed by atoms with E-state index in [4.69, 9.17) is 15.7 Å². The number of hydrogen-bond acceptors (Lipinski definition) is 5. The standard InChI is InChI=1S/C13H23N3O3S/c1-20-13(12(14)15-18)5-7-16(8-6-13)11(17)10-4-2-3-9-19-10/h10,18H,2-9H2,1H3,(H2,14,15). The highest BCUT2D eigenvalue weighted by Gasteiger charge is 2.40. The molecule has 6 nitrogen and oxygen atoms in total. The topological polar surface area (TPSA) is 88.2 Å². The largest absolute Gasteiger partial charge is 0.409 e. The lowest BCUT2D eigenvalue weighted by Crippen LogP contribution is -2.53. The van der Waals surface area contributed by atoms with E-state index in [-0.39, 0.29) is 22.6 Å². The first-order chi connectivity index (χ1) is 9.63. The zero-order chi connectivity index (χ0) is 14.6. The van der Waals surface area contributed by atoms with Crippen molar-refractivity contribution in [3.63, 3.8) is 0 Å². The van der Waals surface area contributed by atoms with E-state index in [0.717, 1.165) is 19.3 Å². The van der Waals surface area contributed by atoms with E-state index in [2.05, 4.69) is 5.16 Å². The molecule has 0 radical (unpaired) electrons. The molecule has 20 heavy (non-hydrogen) atoms. The van der Waals surface area contributed by atoms with Crippen LogP contribution in [-0.2, 0) is 9.53 Å². The fourth-order valence-corrected chi connectivity index (χ4v) is 3.72. The molecule has 2 rings (SSSR count). The van der Waals surface area contributed by atoms with Crippen LogP contribution in [0.5, 0.6) is 0 Å². The lowest BCUT2D eigenvalue weighted by Gasteiger charge is -2.41. The summed E-state index contributed by atoms with van der Waals surface area (Å²) in [6, 6.07) is 0. The molecule has 1 unspecified atom stereocenters. The molecule has 0 saturated carbocycles. The molecule has 1 amide bonds. The molecule has 2 aliphatic rings. The molecule has 0 aromatic rings. The van der Waals surface area contributed by atoms with Gasteiger partial charge in [-0.1, -0.05) is 5.16 Å². The van der Waals surface area contributed by atoms with Gasteiger partial charge in [0.25, 0.3) is 5.91 Å². The molecule has 2 fully saturated rings. The Morgan fingerprint density at radius 2 is 2.15 bits per heavy atom. The first-order valence-corrected chi connectivity index (χ1v) is 8.29. The van der Waals surface area contributed by atoms with Crippen molar-refractivity contribution in [3.8, 4) is 0 Å². The third-order valence-electron chi connectivity index (χ3n) is 4.30. The predicted octanol–water partition coefficient (Wildman–Crippen LogP) is 1.03. The van der Waals surface area contributed by atoms with Crippen LogP contribution in [0.25, 0.3) is 0 Å². The zero-order valence-corrected chi connectivity index (χ0v) is 12.7. The van der Waals surface area contributed by atoms with Crippen LogP contribution in [0, 0.1) is 0 Å². The zero-order valence-electron chi connectivity index (χ0n) is 11.9. The van der Waals surface area contributed by atoms with Gasteiger partial charge in [-0.3, -0.25) is 4.79 Å². The lowest BCUT2D eigenvalue weighted by molar-refractivity contribution is -0.147. The fraction of sp³-hybridized carbons (Fsp3) is 0.846. The van der Waals surface area contributed by atoms with E-state index in [0.29, 0.717) is 32.5 Å². The van der Waals surface area contributed by atoms with Crippen LogP contribution in [0.4, 0.5) is 0 Å². The minimum Gasteiger partial charge on any atom is -0.409 e. The van der Waals surface area contributed by atoms with Crippen molar-refractivity contribution in [3.05, 3.63) is 0 Å². The van der Waals surface area contributed by atoms with Gasteiger partial charge in [-0.15, -0.1) is 0 Å². The number of oxime groups is 1. The highest BCUT2D eigenvalue weighted by atomic mass is 32.2. The Hall–Kier alpha value is -0.950. The Morgan fingerprint density at radius 3 is 2.65 bits per heavy atom. The number of piperidine rings is 1. The van der Waals surface area contributed by atoms with Crippen molar-refractivity contribution in [2.45, 2.75) is 43.0 Å². The number of thioether (sulfide) groups is 1. The molecule has 2 aliphatic heterocycles. The van der Waals surface area contributed by atoms with Crippen molar-refractivity contribution in [1.82, 2.24) is 4.90 Å². The third-order valence-corrected chi connectivity index (χ3v) is 5.70. The highest BCUT2D eigenvalue weighted by Crippen LogP contribution is 2.35. The minimum absolute atomic E-state index is 0.0962. The summed E-state index contributed by atoms with van der Waals surface area (Å²) in [7, 11) is 0. The summed E-state index contributed by atoms with van der Waals surface area (Å²) < 4.78 is 5.21. The number of amidine groups is 1. The molecule has 1 atom stereocenters. The van der Waals surface area contributed by atoms with Gasteiger partial charge >= 0.3 is 0 Å². The van der Waals surface area contributed by atoms with Gasteiger partial charge in [-0.2, -0.15) is 11.8 Å². The fourth-order valence-electron chi connectivity index (χ4n) is 2.88. The van der Waals surface area contributed by atoms with Crippen molar-refractivity contribution in [1.29, 1.82) is 0 Å². The van der Waals surface area contributed by atoms with Crippen molar-refractivity contribution in [2.75, 3.05) is 26.0 Å². The molecule has 0 spiro atoms. The van der Waals surface area contributed by atoms with Crippen LogP contribution in [0.2, 0.25) is 0 Å². The van der Waals surface area contributed by atoms with E-state index in [9.17, 15) is 4.79 Å². The number of nitrogens with zero attached hydrogens (tertiary/aromatic N) is 2. The van der Waals surface area contributed by atoms with Crippen LogP contribution < -0.4 is 5.73 Å². The van der Waals surface area contributed by atoms with E-state index in [1.165, 1.54) is 0 Å². The van der Waals surface area contributed by atoms with Crippen LogP contribution in [0.15, 0.2) is 5.16 Å². The molecule has 114 valence electrons. The van der Waals surface area contributed by atoms with Gasteiger partial charge in [-0.25, -0.2) is 0 Å². The molecular formula is C13H23N3O3S. The summed E-state index contributed by atoms with van der Waals surface area (Å²) in [5.74, 6) is 0.352. The predicted molar refractivity (Wildman–Crippen MR) is 79.1 cm³/mol. The Morgan fingerprint density at radius 1 is 1.45 bits per heavy atom. The minimum atomic E-state index is -0.348. The maximum atomic E-state index is 12.4. The number of carbonyl (C=O) groups is 1. The normalized spacial score (nSPS) is 27.4. The van der Waals surface area contributed by atoms with Crippen LogP contribution in [0.3, 0.4) is 0 Å². The maximum absolute atomic E-state index is 12.4. The van der Waals surface area contributed by atoms with Crippen molar-refractivity contribution < 1.29 is 14.7 Å². The van der Waals surface area contributed by atoms with Gasteiger partial charge in [0.2, 0.25) is 0 Å². The number of hydrogen-bond donors (Lipinski definition) is 2. The molecule has 0 bridgehead atoms. The number of ether oxygens (including phenoxy) is 1. The summed E-state index contributed by atoms with van der Waals surface area (Å²) in [5, 5.41) is 12.1. The maximum Gasteiger partial charge on any atom is 0.251 e. The van der Waals surface area contributed by atoms with Crippen molar-refractivity contribution in [2.24, 2.45) is 10.9 Å². The van der Waals surface area contributed by atoms with E-state index in [1.54, 1.807) is 11.8 Å². The second-order valence-electron chi connectivity index (χ2n) is 5.36. The quantitative estimate of drug-likeness (QED) is 0.352. The monoisotopic (exact) mass is 301 g/mol. The molecular weight excluding hydrogens is 278 g/mol. The number of amides is 1. The van der Waals surface area contributed by atoms with Crippen LogP contribution in [0.1, 0.15) is 32.1 Å². The van der Waals surface area contributed by atoms with Gasteiger partial charge in [0.05, 0.1) is 4.75 Å². The first-order valence-electron chi connectivity index (χ1n) is 7.06. The number of carbonyl (C=O) groups excluding carboxylic acids is 1. The second-order valence-corrected chi connectivity index (χ2v) is 6.55. The average Bonchev–Trinajstić information content (AvgIpc) is 2.54. The molecule has 0 aliphatic carbocycles. The SMILES string of the molecule is CSC1(C(N)=NO)CCN(C(=O)C2CCCCO2)CC1. The van der Waals surface area contributed by atoms with Gasteiger partial charge < -0.3 is 20.6 Å². The highest BCUT2D eigenvalue weighted by molar-refractivity contribution is 8.00. The van der Waals surface area contributed by atoms with E-state index >= 15 is 0 Å². The summed E-state index contributed by atoms with van der Waals surface area (Å²) in [6.07, 6.45) is 6.04. The van der Waals surface area contributed by atoms with E-state index < -0.39 is 0 Å². The molecule has 3 N–H and O–H groups in total. The van der Waals surface area contributed by atoms with Gasteiger partial charge in [0.1, 0.15) is 6.10 Å². The Bertz CT molecular complexity index is 375. The Balaban J connectivity index is 1.94. The first kappa shape index (κ1) is 15.4. The summed E-state index contributed by atoms with van der Waals surface area (Å²) in [6.45, 7) is 1.95. The van der Waals surface area contributed by atoms with Crippen LogP contribution >= 0.6 is 11.8 Å². The molecule has 7 heteroatoms.